The first-order valence-corrected chi connectivity index (χ1v) is 13.3. The van der Waals surface area contributed by atoms with Gasteiger partial charge in [-0.3, -0.25) is 9.48 Å². The van der Waals surface area contributed by atoms with Crippen LogP contribution in [-0.2, 0) is 23.7 Å². The van der Waals surface area contributed by atoms with Gasteiger partial charge in [-0.25, -0.2) is 32.5 Å². The monoisotopic (exact) mass is 597 g/mol. The van der Waals surface area contributed by atoms with Crippen molar-refractivity contribution in [3.05, 3.63) is 95.1 Å². The second kappa shape index (κ2) is 9.92. The zero-order valence-electron chi connectivity index (χ0n) is 22.0. The SMILES string of the molecule is O=C(Cn1nc(C(F)F)c2c1C(F)(F)C1CC21)NC(Cc1cc(F)cc(F)c1)c1ncncc1-c1cnc2[nH]ccc2c1. The van der Waals surface area contributed by atoms with Gasteiger partial charge in [0.25, 0.3) is 12.3 Å². The molecule has 0 bridgehead atoms. The molecule has 2 N–H and O–H groups in total. The van der Waals surface area contributed by atoms with Crippen molar-refractivity contribution in [2.45, 2.75) is 43.7 Å². The molecule has 1 fully saturated rings. The van der Waals surface area contributed by atoms with E-state index >= 15 is 8.78 Å². The van der Waals surface area contributed by atoms with Gasteiger partial charge < -0.3 is 10.3 Å². The third-order valence-corrected chi connectivity index (χ3v) is 7.94. The second-order valence-corrected chi connectivity index (χ2v) is 10.7. The topological polar surface area (TPSA) is 101 Å². The van der Waals surface area contributed by atoms with E-state index in [-0.39, 0.29) is 29.7 Å². The molecule has 4 heterocycles. The van der Waals surface area contributed by atoms with Crippen LogP contribution in [0.1, 0.15) is 53.0 Å². The average Bonchev–Trinajstić information content (AvgIpc) is 3.36. The number of hydrogen-bond acceptors (Lipinski definition) is 5. The van der Waals surface area contributed by atoms with Crippen molar-refractivity contribution in [1.29, 1.82) is 0 Å². The zero-order valence-corrected chi connectivity index (χ0v) is 22.0. The van der Waals surface area contributed by atoms with Crippen LogP contribution in [0.15, 0.2) is 55.2 Å². The summed E-state index contributed by atoms with van der Waals surface area (Å²) in [6, 6.07) is 5.47. The van der Waals surface area contributed by atoms with E-state index in [1.165, 1.54) is 12.5 Å². The fraction of sp³-hybridized carbons (Fsp3) is 0.276. The summed E-state index contributed by atoms with van der Waals surface area (Å²) in [5, 5.41) is 7.19. The van der Waals surface area contributed by atoms with Crippen LogP contribution >= 0.6 is 0 Å². The van der Waals surface area contributed by atoms with E-state index < -0.39 is 65.7 Å². The van der Waals surface area contributed by atoms with Gasteiger partial charge in [-0.05, 0) is 48.6 Å². The minimum absolute atomic E-state index is 0.0871. The number of benzene rings is 1. The van der Waals surface area contributed by atoms with Crippen LogP contribution in [0.4, 0.5) is 26.3 Å². The fourth-order valence-corrected chi connectivity index (χ4v) is 6.06. The number of halogens is 6. The van der Waals surface area contributed by atoms with Crippen LogP contribution in [-0.4, -0.2) is 35.6 Å². The molecule has 3 atom stereocenters. The molecule has 4 aromatic heterocycles. The summed E-state index contributed by atoms with van der Waals surface area (Å²) in [5.74, 6) is -7.71. The van der Waals surface area contributed by atoms with Gasteiger partial charge in [-0.2, -0.15) is 13.9 Å². The molecule has 43 heavy (non-hydrogen) atoms. The first-order valence-electron chi connectivity index (χ1n) is 13.3. The van der Waals surface area contributed by atoms with Crippen LogP contribution < -0.4 is 5.32 Å². The van der Waals surface area contributed by atoms with Crippen LogP contribution in [0.25, 0.3) is 22.2 Å². The predicted octanol–water partition coefficient (Wildman–Crippen LogP) is 5.74. The summed E-state index contributed by atoms with van der Waals surface area (Å²) in [4.78, 5) is 29.2. The molecule has 2 aliphatic carbocycles. The van der Waals surface area contributed by atoms with Gasteiger partial charge in [0.2, 0.25) is 5.91 Å². The van der Waals surface area contributed by atoms with Crippen LogP contribution in [0.3, 0.4) is 0 Å². The third kappa shape index (κ3) is 4.70. The Bertz CT molecular complexity index is 1870. The summed E-state index contributed by atoms with van der Waals surface area (Å²) in [6.45, 7) is -0.782. The molecule has 0 radical (unpaired) electrons. The Balaban J connectivity index is 1.25. The minimum atomic E-state index is -3.40. The van der Waals surface area contributed by atoms with E-state index in [1.807, 2.05) is 6.07 Å². The number of H-pyrrole nitrogens is 1. The number of alkyl halides is 4. The second-order valence-electron chi connectivity index (χ2n) is 10.7. The third-order valence-electron chi connectivity index (χ3n) is 7.94. The Morgan fingerprint density at radius 2 is 1.88 bits per heavy atom. The fourth-order valence-electron chi connectivity index (χ4n) is 6.06. The summed E-state index contributed by atoms with van der Waals surface area (Å²) < 4.78 is 86.4. The smallest absolute Gasteiger partial charge is 0.293 e. The lowest BCUT2D eigenvalue weighted by Gasteiger charge is -2.22. The van der Waals surface area contributed by atoms with Crippen molar-refractivity contribution in [1.82, 2.24) is 35.0 Å². The molecule has 7 rings (SSSR count). The van der Waals surface area contributed by atoms with E-state index in [0.29, 0.717) is 27.5 Å². The number of fused-ring (bicyclic) bond motifs is 4. The molecule has 5 aromatic rings. The number of nitrogens with zero attached hydrogens (tertiary/aromatic N) is 5. The number of aromatic nitrogens is 6. The maximum absolute atomic E-state index is 15.0. The standard InChI is InChI=1S/C29H21F6N7O/c30-16-3-13(4-17(31)7-16)5-21(24-19(10-36-12-39-24)15-6-14-1-2-37-28(14)38-9-15)40-22(43)11-42-26-23(25(41-42)27(32)33)18-8-20(18)29(26,34)35/h1-4,6-7,9-10,12,18,20-21,27H,5,8,11H2,(H,37,38)(H,40,43). The first kappa shape index (κ1) is 27.1. The molecule has 14 heteroatoms. The van der Waals surface area contributed by atoms with Crippen LogP contribution in [0.2, 0.25) is 0 Å². The number of aromatic amines is 1. The molecule has 3 unspecified atom stereocenters. The number of nitrogens with one attached hydrogen (secondary N) is 2. The highest BCUT2D eigenvalue weighted by molar-refractivity contribution is 5.82. The Morgan fingerprint density at radius 3 is 2.65 bits per heavy atom. The normalized spacial score (nSPS) is 19.0. The zero-order chi connectivity index (χ0) is 30.0. The van der Waals surface area contributed by atoms with Gasteiger partial charge in [-0.15, -0.1) is 0 Å². The van der Waals surface area contributed by atoms with E-state index in [4.69, 9.17) is 0 Å². The van der Waals surface area contributed by atoms with Crippen molar-refractivity contribution in [2.24, 2.45) is 5.92 Å². The molecular formula is C29H21F6N7O. The molecule has 1 amide bonds. The maximum atomic E-state index is 15.0. The van der Waals surface area contributed by atoms with Crippen molar-refractivity contribution in [2.75, 3.05) is 0 Å². The summed E-state index contributed by atoms with van der Waals surface area (Å²) in [6.07, 6.45) is 2.85. The van der Waals surface area contributed by atoms with E-state index in [2.05, 4.69) is 30.4 Å². The number of amides is 1. The van der Waals surface area contributed by atoms with Crippen LogP contribution in [0, 0.1) is 17.6 Å². The molecular weight excluding hydrogens is 576 g/mol. The van der Waals surface area contributed by atoms with Gasteiger partial charge in [0, 0.05) is 52.7 Å². The highest BCUT2D eigenvalue weighted by Crippen LogP contribution is 2.68. The van der Waals surface area contributed by atoms with Gasteiger partial charge in [-0.1, -0.05) is 0 Å². The lowest BCUT2D eigenvalue weighted by atomic mass is 9.96. The Labute approximate surface area is 239 Å². The predicted molar refractivity (Wildman–Crippen MR) is 140 cm³/mol. The largest absolute Gasteiger partial charge is 0.346 e. The average molecular weight is 598 g/mol. The molecule has 1 saturated carbocycles. The quantitative estimate of drug-likeness (QED) is 0.222. The highest BCUT2D eigenvalue weighted by Gasteiger charge is 2.67. The van der Waals surface area contributed by atoms with Crippen molar-refractivity contribution in [3.63, 3.8) is 0 Å². The summed E-state index contributed by atoms with van der Waals surface area (Å²) >= 11 is 0. The molecule has 0 aliphatic heterocycles. The summed E-state index contributed by atoms with van der Waals surface area (Å²) in [5.41, 5.74) is 0.501. The molecule has 2 aliphatic rings. The molecule has 0 spiro atoms. The van der Waals surface area contributed by atoms with Gasteiger partial charge >= 0.3 is 0 Å². The number of rotatable bonds is 8. The maximum Gasteiger partial charge on any atom is 0.293 e. The number of hydrogen-bond donors (Lipinski definition) is 2. The molecule has 0 saturated heterocycles. The lowest BCUT2D eigenvalue weighted by Crippen LogP contribution is -2.35. The number of carbonyl (C=O) groups excluding carboxylic acids is 1. The molecule has 1 aromatic carbocycles. The Hall–Kier alpha value is -4.75. The minimum Gasteiger partial charge on any atom is -0.346 e. The number of pyridine rings is 1. The Morgan fingerprint density at radius 1 is 1.09 bits per heavy atom. The van der Waals surface area contributed by atoms with Gasteiger partial charge in [0.15, 0.2) is 0 Å². The number of carbonyl (C=O) groups is 1. The van der Waals surface area contributed by atoms with Gasteiger partial charge in [0.1, 0.15) is 41.5 Å². The van der Waals surface area contributed by atoms with Crippen molar-refractivity contribution in [3.8, 4) is 11.1 Å². The molecule has 8 nitrogen and oxygen atoms in total. The van der Waals surface area contributed by atoms with E-state index in [0.717, 1.165) is 17.5 Å². The van der Waals surface area contributed by atoms with E-state index in [9.17, 15) is 22.4 Å². The van der Waals surface area contributed by atoms with Crippen molar-refractivity contribution < 1.29 is 31.1 Å². The van der Waals surface area contributed by atoms with Crippen molar-refractivity contribution >= 4 is 16.9 Å². The van der Waals surface area contributed by atoms with Crippen LogP contribution in [0.5, 0.6) is 0 Å². The first-order chi connectivity index (χ1) is 20.6. The summed E-state index contributed by atoms with van der Waals surface area (Å²) in [7, 11) is 0. The molecule has 220 valence electrons. The lowest BCUT2D eigenvalue weighted by molar-refractivity contribution is -0.123. The Kier molecular flexibility index (Phi) is 6.25. The van der Waals surface area contributed by atoms with E-state index in [1.54, 1.807) is 18.5 Å². The van der Waals surface area contributed by atoms with Gasteiger partial charge in [0.05, 0.1) is 11.7 Å². The highest BCUT2D eigenvalue weighted by atomic mass is 19.3.